The van der Waals surface area contributed by atoms with Gasteiger partial charge in [0.2, 0.25) is 0 Å². The van der Waals surface area contributed by atoms with E-state index in [1.165, 1.54) is 25.3 Å². The lowest BCUT2D eigenvalue weighted by molar-refractivity contribution is -0.118. The molecule has 0 radical (unpaired) electrons. The number of carbonyl (C=O) groups is 1. The number of carbonyl (C=O) groups excluding carboxylic acids is 1. The first-order valence-electron chi connectivity index (χ1n) is 7.20. The van der Waals surface area contributed by atoms with Crippen LogP contribution in [0, 0.1) is 6.92 Å². The highest BCUT2D eigenvalue weighted by Crippen LogP contribution is 2.31. The fourth-order valence-electron chi connectivity index (χ4n) is 2.06. The molecule has 0 heterocycles. The van der Waals surface area contributed by atoms with Crippen molar-refractivity contribution in [1.82, 2.24) is 0 Å². The molecule has 25 heavy (non-hydrogen) atoms. The molecule has 0 saturated heterocycles. The molecule has 2 aromatic carbocycles. The number of hydrogen-bond donors (Lipinski definition) is 1. The zero-order valence-corrected chi connectivity index (χ0v) is 14.3. The number of nitrogens with one attached hydrogen (secondary N) is 1. The zero-order chi connectivity index (χ0) is 18.4. The fourth-order valence-corrected chi connectivity index (χ4v) is 2.28. The predicted molar refractivity (Wildman–Crippen MR) is 89.9 cm³/mol. The van der Waals surface area contributed by atoms with Gasteiger partial charge in [-0.3, -0.25) is 4.79 Å². The Morgan fingerprint density at radius 2 is 1.88 bits per heavy atom. The van der Waals surface area contributed by atoms with Crippen LogP contribution in [0.2, 0.25) is 5.02 Å². The molecule has 1 N–H and O–H groups in total. The van der Waals surface area contributed by atoms with E-state index in [0.29, 0.717) is 10.8 Å². The van der Waals surface area contributed by atoms with Gasteiger partial charge < -0.3 is 19.5 Å². The number of benzene rings is 2. The Balaban J connectivity index is 2.00. The maximum Gasteiger partial charge on any atom is 0.387 e. The van der Waals surface area contributed by atoms with Crippen molar-refractivity contribution < 1.29 is 27.8 Å². The molecule has 0 aliphatic heterocycles. The number of ether oxygens (including phenoxy) is 3. The van der Waals surface area contributed by atoms with Crippen LogP contribution in [0.1, 0.15) is 5.56 Å². The van der Waals surface area contributed by atoms with Gasteiger partial charge in [-0.05, 0) is 42.8 Å². The van der Waals surface area contributed by atoms with E-state index in [9.17, 15) is 13.6 Å². The number of aryl methyl sites for hydroxylation is 1. The minimum atomic E-state index is -3.00. The van der Waals surface area contributed by atoms with Gasteiger partial charge in [0.05, 0.1) is 7.11 Å². The Labute approximate surface area is 148 Å². The van der Waals surface area contributed by atoms with Gasteiger partial charge in [-0.1, -0.05) is 11.6 Å². The fraction of sp³-hybridized carbons (Fsp3) is 0.235. The lowest BCUT2D eigenvalue weighted by atomic mass is 10.2. The monoisotopic (exact) mass is 371 g/mol. The summed E-state index contributed by atoms with van der Waals surface area (Å²) < 4.78 is 39.5. The summed E-state index contributed by atoms with van der Waals surface area (Å²) >= 11 is 5.85. The van der Waals surface area contributed by atoms with E-state index in [1.54, 1.807) is 25.1 Å². The highest BCUT2D eigenvalue weighted by Gasteiger charge is 2.13. The highest BCUT2D eigenvalue weighted by molar-refractivity contribution is 6.30. The van der Waals surface area contributed by atoms with Crippen molar-refractivity contribution in [3.8, 4) is 17.2 Å². The van der Waals surface area contributed by atoms with Crippen molar-refractivity contribution in [1.29, 1.82) is 0 Å². The number of hydrogen-bond acceptors (Lipinski definition) is 4. The molecule has 2 aromatic rings. The lowest BCUT2D eigenvalue weighted by Crippen LogP contribution is -2.20. The van der Waals surface area contributed by atoms with Crippen LogP contribution in [0.4, 0.5) is 14.5 Å². The summed E-state index contributed by atoms with van der Waals surface area (Å²) in [5.74, 6) is 0.0228. The largest absolute Gasteiger partial charge is 0.493 e. The van der Waals surface area contributed by atoms with Crippen molar-refractivity contribution in [3.63, 3.8) is 0 Å². The Hall–Kier alpha value is -2.54. The smallest absolute Gasteiger partial charge is 0.387 e. The average molecular weight is 372 g/mol. The molecule has 0 bridgehead atoms. The Kier molecular flexibility index (Phi) is 6.41. The molecule has 0 saturated carbocycles. The molecule has 1 amide bonds. The molecule has 0 spiro atoms. The van der Waals surface area contributed by atoms with Gasteiger partial charge in [-0.2, -0.15) is 8.78 Å². The van der Waals surface area contributed by atoms with Crippen molar-refractivity contribution in [3.05, 3.63) is 47.0 Å². The molecule has 0 atom stereocenters. The number of rotatable bonds is 7. The lowest BCUT2D eigenvalue weighted by Gasteiger charge is -2.13. The third-order valence-corrected chi connectivity index (χ3v) is 3.39. The third-order valence-electron chi connectivity index (χ3n) is 3.16. The topological polar surface area (TPSA) is 56.8 Å². The highest BCUT2D eigenvalue weighted by atomic mass is 35.5. The number of amides is 1. The molecule has 0 aromatic heterocycles. The second-order valence-electron chi connectivity index (χ2n) is 4.99. The summed E-state index contributed by atoms with van der Waals surface area (Å²) in [6, 6.07) is 9.19. The number of anilines is 1. The molecular formula is C17H16ClF2NO4. The van der Waals surface area contributed by atoms with E-state index < -0.39 is 12.5 Å². The van der Waals surface area contributed by atoms with E-state index in [2.05, 4.69) is 10.1 Å². The van der Waals surface area contributed by atoms with E-state index in [4.69, 9.17) is 21.1 Å². The summed E-state index contributed by atoms with van der Waals surface area (Å²) in [5.41, 5.74) is 1.07. The molecule has 0 unspecified atom stereocenters. The van der Waals surface area contributed by atoms with Gasteiger partial charge in [-0.25, -0.2) is 0 Å². The van der Waals surface area contributed by atoms with Gasteiger partial charge in [-0.15, -0.1) is 0 Å². The first-order chi connectivity index (χ1) is 11.9. The summed E-state index contributed by atoms with van der Waals surface area (Å²) in [4.78, 5) is 12.0. The van der Waals surface area contributed by atoms with Gasteiger partial charge >= 0.3 is 6.61 Å². The maximum atomic E-state index is 12.4. The van der Waals surface area contributed by atoms with Crippen molar-refractivity contribution in [2.45, 2.75) is 13.5 Å². The van der Waals surface area contributed by atoms with Gasteiger partial charge in [0, 0.05) is 16.8 Å². The second-order valence-corrected chi connectivity index (χ2v) is 5.43. The Morgan fingerprint density at radius 1 is 1.16 bits per heavy atom. The summed E-state index contributed by atoms with van der Waals surface area (Å²) in [6.07, 6.45) is 0. The minimum absolute atomic E-state index is 0.131. The predicted octanol–water partition coefficient (Wildman–Crippen LogP) is 4.28. The molecule has 8 heteroatoms. The van der Waals surface area contributed by atoms with Crippen molar-refractivity contribution >= 4 is 23.2 Å². The Morgan fingerprint density at radius 3 is 2.52 bits per heavy atom. The van der Waals surface area contributed by atoms with E-state index in [-0.39, 0.29) is 23.8 Å². The maximum absolute atomic E-state index is 12.4. The van der Waals surface area contributed by atoms with Crippen molar-refractivity contribution in [2.24, 2.45) is 0 Å². The molecular weight excluding hydrogens is 356 g/mol. The van der Waals surface area contributed by atoms with Crippen LogP contribution >= 0.6 is 11.6 Å². The summed E-state index contributed by atoms with van der Waals surface area (Å²) in [5, 5.41) is 3.11. The summed E-state index contributed by atoms with van der Waals surface area (Å²) in [7, 11) is 1.33. The SMILES string of the molecule is COc1ccc(NC(=O)COc2ccc(Cl)cc2C)cc1OC(F)F. The Bertz CT molecular complexity index is 755. The number of methoxy groups -OCH3 is 1. The molecule has 0 aliphatic rings. The van der Waals surface area contributed by atoms with Crippen LogP contribution in [0.25, 0.3) is 0 Å². The second kappa shape index (κ2) is 8.53. The van der Waals surface area contributed by atoms with E-state index >= 15 is 0 Å². The summed E-state index contributed by atoms with van der Waals surface area (Å²) in [6.45, 7) is -1.45. The molecule has 0 aliphatic carbocycles. The first kappa shape index (κ1) is 18.8. The quantitative estimate of drug-likeness (QED) is 0.789. The van der Waals surface area contributed by atoms with Crippen LogP contribution < -0.4 is 19.5 Å². The standard InChI is InChI=1S/C17H16ClF2NO4/c1-10-7-11(18)3-5-13(10)24-9-16(22)21-12-4-6-14(23-2)15(8-12)25-17(19)20/h3-8,17H,9H2,1-2H3,(H,21,22). The first-order valence-corrected chi connectivity index (χ1v) is 7.58. The number of alkyl halides is 2. The van der Waals surface area contributed by atoms with E-state index in [0.717, 1.165) is 5.56 Å². The van der Waals surface area contributed by atoms with Gasteiger partial charge in [0.25, 0.3) is 5.91 Å². The zero-order valence-electron chi connectivity index (χ0n) is 13.5. The average Bonchev–Trinajstić information content (AvgIpc) is 2.54. The van der Waals surface area contributed by atoms with Crippen LogP contribution in [0.5, 0.6) is 17.2 Å². The van der Waals surface area contributed by atoms with E-state index in [1.807, 2.05) is 0 Å². The molecule has 2 rings (SSSR count). The van der Waals surface area contributed by atoms with Gasteiger partial charge in [0.1, 0.15) is 5.75 Å². The minimum Gasteiger partial charge on any atom is -0.493 e. The molecule has 5 nitrogen and oxygen atoms in total. The number of halogens is 3. The van der Waals surface area contributed by atoms with Crippen LogP contribution in [0.3, 0.4) is 0 Å². The third kappa shape index (κ3) is 5.49. The molecule has 0 fully saturated rings. The van der Waals surface area contributed by atoms with Gasteiger partial charge in [0.15, 0.2) is 18.1 Å². The normalized spacial score (nSPS) is 10.5. The van der Waals surface area contributed by atoms with Crippen molar-refractivity contribution in [2.75, 3.05) is 19.0 Å². The van der Waals surface area contributed by atoms with Crippen LogP contribution in [-0.4, -0.2) is 26.2 Å². The van der Waals surface area contributed by atoms with Crippen LogP contribution in [0.15, 0.2) is 36.4 Å². The van der Waals surface area contributed by atoms with Crippen LogP contribution in [-0.2, 0) is 4.79 Å². The molecule has 134 valence electrons.